The zero-order chi connectivity index (χ0) is 13.9. The summed E-state index contributed by atoms with van der Waals surface area (Å²) in [4.78, 5) is 3.80. The van der Waals surface area contributed by atoms with Gasteiger partial charge in [-0.2, -0.15) is 0 Å². The highest BCUT2D eigenvalue weighted by molar-refractivity contribution is 7.89. The Labute approximate surface area is 112 Å². The highest BCUT2D eigenvalue weighted by Gasteiger charge is 2.36. The standard InChI is InChI=1S/C11H17N3O4S/c1-17-11(4-6-18-8-11)7-14-19(15,16)10-9(12)3-2-5-13-10/h2-3,5,14H,4,6-8,12H2,1H3. The predicted octanol–water partition coefficient (Wildman–Crippen LogP) is -0.252. The minimum Gasteiger partial charge on any atom is -0.396 e. The van der Waals surface area contributed by atoms with Gasteiger partial charge in [0, 0.05) is 32.9 Å². The first-order valence-corrected chi connectivity index (χ1v) is 7.30. The maximum absolute atomic E-state index is 12.1. The van der Waals surface area contributed by atoms with Gasteiger partial charge in [0.15, 0.2) is 5.03 Å². The molecule has 1 aliphatic heterocycles. The number of aromatic nitrogens is 1. The first-order valence-electron chi connectivity index (χ1n) is 5.82. The van der Waals surface area contributed by atoms with E-state index >= 15 is 0 Å². The number of pyridine rings is 1. The lowest BCUT2D eigenvalue weighted by Crippen LogP contribution is -2.45. The Kier molecular flexibility index (Phi) is 4.04. The van der Waals surface area contributed by atoms with Crippen LogP contribution in [0.5, 0.6) is 0 Å². The van der Waals surface area contributed by atoms with E-state index in [1.54, 1.807) is 6.07 Å². The average molecular weight is 287 g/mol. The molecule has 1 atom stereocenters. The second-order valence-corrected chi connectivity index (χ2v) is 6.09. The van der Waals surface area contributed by atoms with Crippen LogP contribution in [-0.2, 0) is 19.5 Å². The van der Waals surface area contributed by atoms with E-state index in [2.05, 4.69) is 9.71 Å². The van der Waals surface area contributed by atoms with Gasteiger partial charge in [0.2, 0.25) is 0 Å². The lowest BCUT2D eigenvalue weighted by Gasteiger charge is -2.25. The van der Waals surface area contributed by atoms with Crippen molar-refractivity contribution in [2.75, 3.05) is 32.6 Å². The number of anilines is 1. The number of hydrogen-bond donors (Lipinski definition) is 2. The van der Waals surface area contributed by atoms with Gasteiger partial charge in [-0.05, 0) is 12.1 Å². The molecule has 7 nitrogen and oxygen atoms in total. The van der Waals surface area contributed by atoms with Crippen molar-refractivity contribution in [3.8, 4) is 0 Å². The summed E-state index contributed by atoms with van der Waals surface area (Å²) in [5, 5.41) is -0.167. The molecule has 106 valence electrons. The highest BCUT2D eigenvalue weighted by Crippen LogP contribution is 2.22. The summed E-state index contributed by atoms with van der Waals surface area (Å²) in [7, 11) is -2.21. The summed E-state index contributed by atoms with van der Waals surface area (Å²) in [5.41, 5.74) is 5.12. The third kappa shape index (κ3) is 3.03. The fourth-order valence-corrected chi connectivity index (χ4v) is 3.05. The fourth-order valence-electron chi connectivity index (χ4n) is 1.88. The molecule has 0 radical (unpaired) electrons. The minimum absolute atomic E-state index is 0.115. The van der Waals surface area contributed by atoms with E-state index in [4.69, 9.17) is 15.2 Å². The SMILES string of the molecule is COC1(CNS(=O)(=O)c2ncccc2N)CCOC1. The third-order valence-corrected chi connectivity index (χ3v) is 4.51. The van der Waals surface area contributed by atoms with Crippen molar-refractivity contribution in [2.24, 2.45) is 0 Å². The van der Waals surface area contributed by atoms with Crippen LogP contribution in [0.25, 0.3) is 0 Å². The minimum atomic E-state index is -3.75. The first kappa shape index (κ1) is 14.2. The van der Waals surface area contributed by atoms with Gasteiger partial charge in [0.25, 0.3) is 10.0 Å². The molecule has 2 rings (SSSR count). The van der Waals surface area contributed by atoms with Gasteiger partial charge < -0.3 is 15.2 Å². The number of sulfonamides is 1. The van der Waals surface area contributed by atoms with E-state index < -0.39 is 15.6 Å². The Morgan fingerprint density at radius 2 is 2.42 bits per heavy atom. The van der Waals surface area contributed by atoms with E-state index in [9.17, 15) is 8.42 Å². The number of nitrogen functional groups attached to an aromatic ring is 1. The van der Waals surface area contributed by atoms with Gasteiger partial charge in [-0.1, -0.05) is 0 Å². The van der Waals surface area contributed by atoms with Gasteiger partial charge in [0.05, 0.1) is 12.3 Å². The van der Waals surface area contributed by atoms with Crippen LogP contribution in [-0.4, -0.2) is 45.9 Å². The van der Waals surface area contributed by atoms with Crippen molar-refractivity contribution in [3.63, 3.8) is 0 Å². The maximum Gasteiger partial charge on any atom is 0.260 e. The molecule has 3 N–H and O–H groups in total. The smallest absolute Gasteiger partial charge is 0.260 e. The molecule has 0 aromatic carbocycles. The fraction of sp³-hybridized carbons (Fsp3) is 0.545. The number of rotatable bonds is 5. The molecule has 1 aromatic rings. The van der Waals surface area contributed by atoms with Crippen LogP contribution in [0.2, 0.25) is 0 Å². The number of hydrogen-bond acceptors (Lipinski definition) is 6. The number of nitrogens with two attached hydrogens (primary N) is 1. The van der Waals surface area contributed by atoms with E-state index in [1.165, 1.54) is 19.4 Å². The molecule has 19 heavy (non-hydrogen) atoms. The lowest BCUT2D eigenvalue weighted by molar-refractivity contribution is -0.0120. The molecule has 0 bridgehead atoms. The zero-order valence-corrected chi connectivity index (χ0v) is 11.4. The summed E-state index contributed by atoms with van der Waals surface area (Å²) in [6.07, 6.45) is 2.03. The molecule has 2 heterocycles. The number of methoxy groups -OCH3 is 1. The number of nitrogens with zero attached hydrogens (tertiary/aromatic N) is 1. The Balaban J connectivity index is 2.12. The van der Waals surface area contributed by atoms with E-state index in [-0.39, 0.29) is 17.3 Å². The summed E-state index contributed by atoms with van der Waals surface area (Å²) in [6, 6.07) is 3.07. The van der Waals surface area contributed by atoms with Crippen LogP contribution in [0.15, 0.2) is 23.4 Å². The predicted molar refractivity (Wildman–Crippen MR) is 69.0 cm³/mol. The number of nitrogens with one attached hydrogen (secondary N) is 1. The van der Waals surface area contributed by atoms with Crippen molar-refractivity contribution in [1.82, 2.24) is 9.71 Å². The second-order valence-electron chi connectivity index (χ2n) is 4.41. The monoisotopic (exact) mass is 287 g/mol. The molecule has 0 saturated carbocycles. The lowest BCUT2D eigenvalue weighted by atomic mass is 10.0. The topological polar surface area (TPSA) is 104 Å². The summed E-state index contributed by atoms with van der Waals surface area (Å²) in [6.45, 7) is 1.05. The second kappa shape index (κ2) is 5.41. The van der Waals surface area contributed by atoms with Crippen LogP contribution in [0.4, 0.5) is 5.69 Å². The first-order chi connectivity index (χ1) is 8.99. The normalized spacial score (nSPS) is 23.6. The van der Waals surface area contributed by atoms with Gasteiger partial charge in [-0.25, -0.2) is 18.1 Å². The molecule has 0 spiro atoms. The number of ether oxygens (including phenoxy) is 2. The Morgan fingerprint density at radius 3 is 3.00 bits per heavy atom. The van der Waals surface area contributed by atoms with Crippen molar-refractivity contribution >= 4 is 15.7 Å². The van der Waals surface area contributed by atoms with Crippen LogP contribution >= 0.6 is 0 Å². The zero-order valence-electron chi connectivity index (χ0n) is 10.6. The highest BCUT2D eigenvalue weighted by atomic mass is 32.2. The van der Waals surface area contributed by atoms with Crippen molar-refractivity contribution in [1.29, 1.82) is 0 Å². The van der Waals surface area contributed by atoms with Crippen molar-refractivity contribution in [2.45, 2.75) is 17.0 Å². The quantitative estimate of drug-likeness (QED) is 0.774. The van der Waals surface area contributed by atoms with Gasteiger partial charge >= 0.3 is 0 Å². The van der Waals surface area contributed by atoms with Crippen LogP contribution in [0.3, 0.4) is 0 Å². The van der Waals surface area contributed by atoms with Crippen molar-refractivity contribution in [3.05, 3.63) is 18.3 Å². The molecule has 1 aromatic heterocycles. The van der Waals surface area contributed by atoms with E-state index in [0.717, 1.165) is 0 Å². The van der Waals surface area contributed by atoms with Gasteiger partial charge in [0.1, 0.15) is 5.60 Å². The third-order valence-electron chi connectivity index (χ3n) is 3.14. The van der Waals surface area contributed by atoms with Crippen molar-refractivity contribution < 1.29 is 17.9 Å². The van der Waals surface area contributed by atoms with Crippen LogP contribution < -0.4 is 10.5 Å². The average Bonchev–Trinajstić information content (AvgIpc) is 2.86. The molecular formula is C11H17N3O4S. The van der Waals surface area contributed by atoms with Gasteiger partial charge in [-0.3, -0.25) is 0 Å². The van der Waals surface area contributed by atoms with E-state index in [0.29, 0.717) is 19.6 Å². The summed E-state index contributed by atoms with van der Waals surface area (Å²) >= 11 is 0. The Morgan fingerprint density at radius 1 is 1.63 bits per heavy atom. The van der Waals surface area contributed by atoms with Gasteiger partial charge in [-0.15, -0.1) is 0 Å². The molecule has 1 fully saturated rings. The van der Waals surface area contributed by atoms with E-state index in [1.807, 2.05) is 0 Å². The maximum atomic E-state index is 12.1. The summed E-state index contributed by atoms with van der Waals surface area (Å²) < 4.78 is 37.3. The molecule has 1 aliphatic rings. The largest absolute Gasteiger partial charge is 0.396 e. The molecule has 1 saturated heterocycles. The molecular weight excluding hydrogens is 270 g/mol. The summed E-state index contributed by atoms with van der Waals surface area (Å²) in [5.74, 6) is 0. The Bertz CT molecular complexity index is 541. The Hall–Kier alpha value is -1.22. The molecule has 0 amide bonds. The van der Waals surface area contributed by atoms with Crippen LogP contribution in [0.1, 0.15) is 6.42 Å². The molecule has 8 heteroatoms. The van der Waals surface area contributed by atoms with Crippen LogP contribution in [0, 0.1) is 0 Å². The molecule has 1 unspecified atom stereocenters. The molecule has 0 aliphatic carbocycles.